The molecule has 2 aromatic carbocycles. The fraction of sp³-hybridized carbons (Fsp3) is 0.440. The van der Waals surface area contributed by atoms with E-state index >= 15 is 0 Å². The van der Waals surface area contributed by atoms with Crippen molar-refractivity contribution in [1.29, 1.82) is 0 Å². The van der Waals surface area contributed by atoms with Crippen LogP contribution in [-0.4, -0.2) is 28.9 Å². The maximum Gasteiger partial charge on any atom is 0.283 e. The summed E-state index contributed by atoms with van der Waals surface area (Å²) in [6, 6.07) is 11.2. The Morgan fingerprint density at radius 3 is 2.38 bits per heavy atom. The Kier molecular flexibility index (Phi) is 5.65. The van der Waals surface area contributed by atoms with Gasteiger partial charge in [-0.2, -0.15) is 0 Å². The van der Waals surface area contributed by atoms with E-state index in [0.717, 1.165) is 12.8 Å². The van der Waals surface area contributed by atoms with Gasteiger partial charge in [0.15, 0.2) is 5.78 Å². The Morgan fingerprint density at radius 1 is 1.12 bits per heavy atom. The average Bonchev–Trinajstić information content (AvgIpc) is 3.11. The van der Waals surface area contributed by atoms with E-state index in [1.165, 1.54) is 24.2 Å². The Morgan fingerprint density at radius 2 is 1.81 bits per heavy atom. The van der Waals surface area contributed by atoms with Gasteiger partial charge in [0.25, 0.3) is 11.6 Å². The summed E-state index contributed by atoms with van der Waals surface area (Å²) >= 11 is 1.25. The largest absolute Gasteiger partial charge is 0.349 e. The van der Waals surface area contributed by atoms with Crippen LogP contribution in [0.2, 0.25) is 0 Å². The summed E-state index contributed by atoms with van der Waals surface area (Å²) in [5, 5.41) is 14.6. The number of hydrogen-bond acceptors (Lipinski definition) is 5. The van der Waals surface area contributed by atoms with Gasteiger partial charge in [0.05, 0.1) is 15.4 Å². The van der Waals surface area contributed by atoms with Crippen molar-refractivity contribution >= 4 is 29.1 Å². The fourth-order valence-corrected chi connectivity index (χ4v) is 6.21. The second-order valence-electron chi connectivity index (χ2n) is 9.65. The number of ketones is 1. The predicted molar refractivity (Wildman–Crippen MR) is 125 cm³/mol. The van der Waals surface area contributed by atoms with E-state index in [-0.39, 0.29) is 39.6 Å². The van der Waals surface area contributed by atoms with Gasteiger partial charge in [0, 0.05) is 23.2 Å². The standard InChI is InChI=1S/C25H28N2O4S/c1-24(2)16-11-12-25(24,3)21(14-16)26-23(29)18-8-6-5-7-17(18)22(28)15-9-10-20(32-4)19(13-15)27(30)31/h5-10,13,16,21H,11-12,14H2,1-4H3,(H,26,29)/t16-,21-,25+/m1/s1. The molecule has 168 valence electrons. The van der Waals surface area contributed by atoms with E-state index < -0.39 is 10.7 Å². The summed E-state index contributed by atoms with van der Waals surface area (Å²) in [6.45, 7) is 6.84. The van der Waals surface area contributed by atoms with Crippen LogP contribution in [0.3, 0.4) is 0 Å². The van der Waals surface area contributed by atoms with Gasteiger partial charge in [-0.3, -0.25) is 19.7 Å². The van der Waals surface area contributed by atoms with Gasteiger partial charge in [-0.05, 0) is 60.5 Å². The van der Waals surface area contributed by atoms with E-state index in [9.17, 15) is 19.7 Å². The van der Waals surface area contributed by atoms with E-state index in [1.54, 1.807) is 42.7 Å². The summed E-state index contributed by atoms with van der Waals surface area (Å²) in [5.41, 5.74) is 0.839. The number of hydrogen-bond donors (Lipinski definition) is 1. The molecule has 2 aliphatic rings. The number of fused-ring (bicyclic) bond motifs is 2. The van der Waals surface area contributed by atoms with Crippen LogP contribution in [0.4, 0.5) is 5.69 Å². The van der Waals surface area contributed by atoms with Crippen LogP contribution < -0.4 is 5.32 Å². The van der Waals surface area contributed by atoms with Crippen LogP contribution >= 0.6 is 11.8 Å². The van der Waals surface area contributed by atoms with E-state index in [1.807, 2.05) is 0 Å². The molecule has 0 aromatic heterocycles. The number of nitro groups is 1. The number of carbonyl (C=O) groups is 2. The normalized spacial score (nSPS) is 25.5. The predicted octanol–water partition coefficient (Wildman–Crippen LogP) is 5.49. The molecule has 2 fully saturated rings. The van der Waals surface area contributed by atoms with Gasteiger partial charge < -0.3 is 5.32 Å². The molecule has 7 heteroatoms. The average molecular weight is 453 g/mol. The number of carbonyl (C=O) groups excluding carboxylic acids is 2. The van der Waals surface area contributed by atoms with Crippen LogP contribution in [0.15, 0.2) is 47.4 Å². The molecule has 1 N–H and O–H groups in total. The molecule has 0 radical (unpaired) electrons. The minimum atomic E-state index is -0.487. The molecule has 4 rings (SSSR count). The van der Waals surface area contributed by atoms with Crippen molar-refractivity contribution in [2.75, 3.05) is 6.26 Å². The van der Waals surface area contributed by atoms with Gasteiger partial charge in [0.1, 0.15) is 0 Å². The highest BCUT2D eigenvalue weighted by atomic mass is 32.2. The van der Waals surface area contributed by atoms with Crippen molar-refractivity contribution in [1.82, 2.24) is 5.32 Å². The molecule has 32 heavy (non-hydrogen) atoms. The number of benzene rings is 2. The van der Waals surface area contributed by atoms with Crippen LogP contribution in [0.25, 0.3) is 0 Å². The molecule has 0 saturated heterocycles. The zero-order valence-corrected chi connectivity index (χ0v) is 19.6. The van der Waals surface area contributed by atoms with Crippen molar-refractivity contribution in [2.24, 2.45) is 16.7 Å². The highest BCUT2D eigenvalue weighted by Gasteiger charge is 2.61. The maximum atomic E-state index is 13.3. The monoisotopic (exact) mass is 452 g/mol. The number of thioether (sulfide) groups is 1. The molecule has 0 heterocycles. The summed E-state index contributed by atoms with van der Waals surface area (Å²) in [6.07, 6.45) is 4.98. The SMILES string of the molecule is CSc1ccc(C(=O)c2ccccc2C(=O)N[C@@H]2C[C@H]3CC[C@]2(C)C3(C)C)cc1[N+](=O)[O-]. The highest BCUT2D eigenvalue weighted by molar-refractivity contribution is 7.98. The van der Waals surface area contributed by atoms with Gasteiger partial charge >= 0.3 is 0 Å². The molecule has 6 nitrogen and oxygen atoms in total. The first-order valence-electron chi connectivity index (χ1n) is 10.9. The second-order valence-corrected chi connectivity index (χ2v) is 10.5. The first-order chi connectivity index (χ1) is 15.1. The Bertz CT molecular complexity index is 1110. The minimum Gasteiger partial charge on any atom is -0.349 e. The van der Waals surface area contributed by atoms with Crippen LogP contribution in [0.5, 0.6) is 0 Å². The highest BCUT2D eigenvalue weighted by Crippen LogP contribution is 2.65. The number of rotatable bonds is 6. The van der Waals surface area contributed by atoms with Crippen molar-refractivity contribution in [3.05, 3.63) is 69.3 Å². The van der Waals surface area contributed by atoms with E-state index in [2.05, 4.69) is 26.1 Å². The second kappa shape index (κ2) is 8.03. The van der Waals surface area contributed by atoms with Crippen molar-refractivity contribution in [3.63, 3.8) is 0 Å². The molecule has 0 spiro atoms. The van der Waals surface area contributed by atoms with Gasteiger partial charge in [-0.25, -0.2) is 0 Å². The summed E-state index contributed by atoms with van der Waals surface area (Å²) in [4.78, 5) is 38.0. The number of nitrogens with zero attached hydrogens (tertiary/aromatic N) is 1. The van der Waals surface area contributed by atoms with Gasteiger partial charge in [-0.1, -0.05) is 39.0 Å². The third kappa shape index (κ3) is 3.43. The van der Waals surface area contributed by atoms with Crippen molar-refractivity contribution in [2.45, 2.75) is 51.0 Å². The molecule has 1 amide bonds. The smallest absolute Gasteiger partial charge is 0.283 e. The zero-order chi connectivity index (χ0) is 23.3. The molecule has 0 unspecified atom stereocenters. The lowest BCUT2D eigenvalue weighted by molar-refractivity contribution is -0.387. The topological polar surface area (TPSA) is 89.3 Å². The van der Waals surface area contributed by atoms with Gasteiger partial charge in [0.2, 0.25) is 0 Å². The maximum absolute atomic E-state index is 13.3. The van der Waals surface area contributed by atoms with Crippen LogP contribution in [-0.2, 0) is 0 Å². The summed E-state index contributed by atoms with van der Waals surface area (Å²) < 4.78 is 0. The molecular formula is C25H28N2O4S. The molecular weight excluding hydrogens is 424 g/mol. The van der Waals surface area contributed by atoms with Crippen molar-refractivity contribution < 1.29 is 14.5 Å². The molecule has 2 bridgehead atoms. The number of nitrogens with one attached hydrogen (secondary N) is 1. The number of amides is 1. The number of nitro benzene ring substituents is 1. The third-order valence-corrected chi connectivity index (χ3v) is 8.94. The first-order valence-corrected chi connectivity index (χ1v) is 12.1. The summed E-state index contributed by atoms with van der Waals surface area (Å²) in [5.74, 6) is -0.0741. The van der Waals surface area contributed by atoms with E-state index in [4.69, 9.17) is 0 Å². The van der Waals surface area contributed by atoms with Crippen molar-refractivity contribution in [3.8, 4) is 0 Å². The molecule has 2 saturated carbocycles. The fourth-order valence-electron chi connectivity index (χ4n) is 5.67. The minimum absolute atomic E-state index is 0.0283. The quantitative estimate of drug-likeness (QED) is 0.271. The summed E-state index contributed by atoms with van der Waals surface area (Å²) in [7, 11) is 0. The van der Waals surface area contributed by atoms with Crippen LogP contribution in [0, 0.1) is 26.9 Å². The zero-order valence-electron chi connectivity index (χ0n) is 18.8. The molecule has 2 aliphatic carbocycles. The Balaban J connectivity index is 1.63. The lowest BCUT2D eigenvalue weighted by atomic mass is 9.69. The molecule has 0 aliphatic heterocycles. The Hall–Kier alpha value is -2.67. The first kappa shape index (κ1) is 22.5. The van der Waals surface area contributed by atoms with E-state index in [0.29, 0.717) is 16.4 Å². The lowest BCUT2D eigenvalue weighted by Crippen LogP contribution is -2.47. The van der Waals surface area contributed by atoms with Gasteiger partial charge in [-0.15, -0.1) is 11.8 Å². The molecule has 3 atom stereocenters. The van der Waals surface area contributed by atoms with Crippen LogP contribution in [0.1, 0.15) is 66.3 Å². The lowest BCUT2D eigenvalue weighted by Gasteiger charge is -2.39. The molecule has 2 aromatic rings. The third-order valence-electron chi connectivity index (χ3n) is 8.15. The Labute approximate surface area is 192 Å².